The number of benzene rings is 1. The number of halogens is 2. The Hall–Kier alpha value is -0.450. The van der Waals surface area contributed by atoms with Gasteiger partial charge in [-0.05, 0) is 19.1 Å². The second-order valence-corrected chi connectivity index (χ2v) is 5.53. The van der Waals surface area contributed by atoms with Crippen LogP contribution in [-0.4, -0.2) is 16.0 Å². The van der Waals surface area contributed by atoms with Crippen molar-refractivity contribution in [2.24, 2.45) is 5.73 Å². The molecule has 5 heteroatoms. The van der Waals surface area contributed by atoms with E-state index in [1.54, 1.807) is 13.0 Å². The van der Waals surface area contributed by atoms with Crippen molar-refractivity contribution >= 4 is 22.4 Å². The van der Waals surface area contributed by atoms with Crippen LogP contribution in [0.5, 0.6) is 0 Å². The third kappa shape index (κ3) is 3.26. The highest BCUT2D eigenvalue weighted by atomic mass is 35.5. The molecule has 1 rings (SSSR count). The van der Waals surface area contributed by atoms with E-state index < -0.39 is 16.6 Å². The van der Waals surface area contributed by atoms with Crippen LogP contribution in [0, 0.1) is 5.82 Å². The molecule has 0 aliphatic rings. The Kier molecular flexibility index (Phi) is 4.70. The minimum Gasteiger partial charge on any atom is -0.329 e. The smallest absolute Gasteiger partial charge is 0.128 e. The summed E-state index contributed by atoms with van der Waals surface area (Å²) in [6, 6.07) is 4.42. The van der Waals surface area contributed by atoms with Crippen LogP contribution in [0.2, 0.25) is 5.02 Å². The molecule has 0 aliphatic carbocycles. The van der Waals surface area contributed by atoms with Gasteiger partial charge in [0.05, 0.1) is 5.75 Å². The van der Waals surface area contributed by atoms with E-state index in [9.17, 15) is 8.60 Å². The van der Waals surface area contributed by atoms with Crippen molar-refractivity contribution in [3.63, 3.8) is 0 Å². The van der Waals surface area contributed by atoms with Crippen LogP contribution in [-0.2, 0) is 16.6 Å². The molecule has 1 aromatic carbocycles. The average Bonchev–Trinajstić information content (AvgIpc) is 2.22. The SMILES string of the molecule is CC(CN)S(=O)Cc1c(F)cccc1Cl. The molecule has 0 saturated heterocycles. The maximum atomic E-state index is 13.3. The molecule has 0 heterocycles. The van der Waals surface area contributed by atoms with Crippen molar-refractivity contribution in [1.82, 2.24) is 0 Å². The zero-order chi connectivity index (χ0) is 11.4. The van der Waals surface area contributed by atoms with Crippen LogP contribution in [0.1, 0.15) is 12.5 Å². The van der Waals surface area contributed by atoms with E-state index in [-0.39, 0.29) is 11.0 Å². The molecular weight excluding hydrogens is 237 g/mol. The Bertz CT molecular complexity index is 352. The molecular formula is C10H13ClFNOS. The van der Waals surface area contributed by atoms with Crippen LogP contribution in [0.25, 0.3) is 0 Å². The topological polar surface area (TPSA) is 43.1 Å². The van der Waals surface area contributed by atoms with Gasteiger partial charge in [-0.25, -0.2) is 4.39 Å². The Labute approximate surface area is 96.1 Å². The first-order chi connectivity index (χ1) is 7.06. The fourth-order valence-electron chi connectivity index (χ4n) is 1.06. The van der Waals surface area contributed by atoms with Crippen LogP contribution in [0.4, 0.5) is 4.39 Å². The molecule has 0 spiro atoms. The molecule has 0 fully saturated rings. The standard InChI is InChI=1S/C10H13ClFNOS/c1-7(5-13)15(14)6-8-9(11)3-2-4-10(8)12/h2-4,7H,5-6,13H2,1H3. The molecule has 0 bridgehead atoms. The van der Waals surface area contributed by atoms with Gasteiger partial charge in [0.25, 0.3) is 0 Å². The van der Waals surface area contributed by atoms with Crippen molar-refractivity contribution in [1.29, 1.82) is 0 Å². The minimum atomic E-state index is -1.19. The maximum Gasteiger partial charge on any atom is 0.128 e. The molecule has 2 unspecified atom stereocenters. The third-order valence-electron chi connectivity index (χ3n) is 2.13. The predicted octanol–water partition coefficient (Wildman–Crippen LogP) is 2.08. The van der Waals surface area contributed by atoms with Gasteiger partial charge in [-0.3, -0.25) is 4.21 Å². The fraction of sp³-hybridized carbons (Fsp3) is 0.400. The van der Waals surface area contributed by atoms with Crippen LogP contribution < -0.4 is 5.73 Å². The van der Waals surface area contributed by atoms with Crippen molar-refractivity contribution in [2.45, 2.75) is 17.9 Å². The summed E-state index contributed by atoms with van der Waals surface area (Å²) >= 11 is 5.82. The number of rotatable bonds is 4. The van der Waals surface area contributed by atoms with Gasteiger partial charge in [-0.1, -0.05) is 17.7 Å². The number of hydrogen-bond donors (Lipinski definition) is 1. The second-order valence-electron chi connectivity index (χ2n) is 3.27. The van der Waals surface area contributed by atoms with E-state index >= 15 is 0 Å². The lowest BCUT2D eigenvalue weighted by Crippen LogP contribution is -2.23. The Morgan fingerprint density at radius 3 is 2.80 bits per heavy atom. The van der Waals surface area contributed by atoms with Gasteiger partial charge in [0.15, 0.2) is 0 Å². The molecule has 2 atom stereocenters. The molecule has 0 amide bonds. The summed E-state index contributed by atoms with van der Waals surface area (Å²) in [6.45, 7) is 2.09. The van der Waals surface area contributed by atoms with Crippen molar-refractivity contribution in [2.75, 3.05) is 6.54 Å². The molecule has 0 radical (unpaired) electrons. The van der Waals surface area contributed by atoms with E-state index in [0.29, 0.717) is 17.1 Å². The average molecular weight is 250 g/mol. The first kappa shape index (κ1) is 12.6. The van der Waals surface area contributed by atoms with Gasteiger partial charge in [0.1, 0.15) is 5.82 Å². The van der Waals surface area contributed by atoms with Gasteiger partial charge in [0, 0.05) is 33.2 Å². The normalized spacial score (nSPS) is 14.9. The molecule has 0 aromatic heterocycles. The highest BCUT2D eigenvalue weighted by Gasteiger charge is 2.14. The van der Waals surface area contributed by atoms with Crippen molar-refractivity contribution in [3.8, 4) is 0 Å². The van der Waals surface area contributed by atoms with Gasteiger partial charge in [-0.15, -0.1) is 0 Å². The monoisotopic (exact) mass is 249 g/mol. The molecule has 15 heavy (non-hydrogen) atoms. The van der Waals surface area contributed by atoms with E-state index in [2.05, 4.69) is 0 Å². The predicted molar refractivity (Wildman–Crippen MR) is 61.8 cm³/mol. The van der Waals surface area contributed by atoms with Crippen LogP contribution in [0.3, 0.4) is 0 Å². The second kappa shape index (κ2) is 5.58. The van der Waals surface area contributed by atoms with Gasteiger partial charge >= 0.3 is 0 Å². The summed E-state index contributed by atoms with van der Waals surface area (Å²) in [5.74, 6) is -0.302. The molecule has 2 nitrogen and oxygen atoms in total. The first-order valence-corrected chi connectivity index (χ1v) is 6.32. The largest absolute Gasteiger partial charge is 0.329 e. The Morgan fingerprint density at radius 1 is 1.60 bits per heavy atom. The van der Waals surface area contributed by atoms with Crippen LogP contribution in [0.15, 0.2) is 18.2 Å². The summed E-state index contributed by atoms with van der Waals surface area (Å²) in [6.07, 6.45) is 0. The summed E-state index contributed by atoms with van der Waals surface area (Å²) in [5, 5.41) is 0.160. The molecule has 2 N–H and O–H groups in total. The zero-order valence-corrected chi connectivity index (χ0v) is 9.95. The number of nitrogens with two attached hydrogens (primary N) is 1. The maximum absolute atomic E-state index is 13.3. The third-order valence-corrected chi connectivity index (χ3v) is 4.15. The zero-order valence-electron chi connectivity index (χ0n) is 8.37. The quantitative estimate of drug-likeness (QED) is 0.888. The summed E-state index contributed by atoms with van der Waals surface area (Å²) in [4.78, 5) is 0. The highest BCUT2D eigenvalue weighted by molar-refractivity contribution is 7.84. The van der Waals surface area contributed by atoms with E-state index in [1.807, 2.05) is 0 Å². The molecule has 1 aromatic rings. The van der Waals surface area contributed by atoms with Crippen LogP contribution >= 0.6 is 11.6 Å². The van der Waals surface area contributed by atoms with Gasteiger partial charge < -0.3 is 5.73 Å². The molecule has 0 saturated carbocycles. The Balaban J connectivity index is 2.85. The van der Waals surface area contributed by atoms with Crippen molar-refractivity contribution < 1.29 is 8.60 Å². The summed E-state index contributed by atoms with van der Waals surface area (Å²) < 4.78 is 25.0. The lowest BCUT2D eigenvalue weighted by molar-refractivity contribution is 0.614. The fourth-order valence-corrected chi connectivity index (χ4v) is 2.45. The summed E-state index contributed by atoms with van der Waals surface area (Å²) in [5.41, 5.74) is 5.69. The molecule has 0 aliphatic heterocycles. The van der Waals surface area contributed by atoms with Gasteiger partial charge in [0.2, 0.25) is 0 Å². The first-order valence-electron chi connectivity index (χ1n) is 4.56. The Morgan fingerprint density at radius 2 is 2.27 bits per heavy atom. The highest BCUT2D eigenvalue weighted by Crippen LogP contribution is 2.21. The lowest BCUT2D eigenvalue weighted by Gasteiger charge is -2.10. The van der Waals surface area contributed by atoms with E-state index in [0.717, 1.165) is 0 Å². The lowest BCUT2D eigenvalue weighted by atomic mass is 10.2. The summed E-state index contributed by atoms with van der Waals surface area (Å²) in [7, 11) is -1.19. The minimum absolute atomic E-state index is 0.115. The van der Waals surface area contributed by atoms with Crippen molar-refractivity contribution in [3.05, 3.63) is 34.6 Å². The van der Waals surface area contributed by atoms with E-state index in [4.69, 9.17) is 17.3 Å². The van der Waals surface area contributed by atoms with E-state index in [1.165, 1.54) is 12.1 Å². The number of hydrogen-bond acceptors (Lipinski definition) is 2. The molecule has 84 valence electrons. The van der Waals surface area contributed by atoms with Gasteiger partial charge in [-0.2, -0.15) is 0 Å².